The number of hydrogen-bond donors (Lipinski definition) is 1. The van der Waals surface area contributed by atoms with Crippen molar-refractivity contribution in [3.05, 3.63) is 58.2 Å². The average Bonchev–Trinajstić information content (AvgIpc) is 2.92. The molecule has 20 heavy (non-hydrogen) atoms. The second-order valence-corrected chi connectivity index (χ2v) is 5.39. The summed E-state index contributed by atoms with van der Waals surface area (Å²) in [5.74, 6) is 0.155. The normalized spacial score (nSPS) is 12.2. The number of amides is 1. The zero-order chi connectivity index (χ0) is 14.5. The summed E-state index contributed by atoms with van der Waals surface area (Å²) in [7, 11) is 0. The van der Waals surface area contributed by atoms with E-state index in [1.165, 1.54) is 12.1 Å². The topological polar surface area (TPSA) is 42.2 Å². The van der Waals surface area contributed by atoms with Crippen LogP contribution in [0.5, 0.6) is 0 Å². The third kappa shape index (κ3) is 3.70. The van der Waals surface area contributed by atoms with E-state index < -0.39 is 5.82 Å². The summed E-state index contributed by atoms with van der Waals surface area (Å²) in [6.07, 6.45) is 3.13. The molecule has 2 rings (SSSR count). The fourth-order valence-electron chi connectivity index (χ4n) is 1.87. The van der Waals surface area contributed by atoms with Gasteiger partial charge in [-0.3, -0.25) is 4.79 Å². The first-order chi connectivity index (χ1) is 9.58. The Hall–Kier alpha value is -1.62. The minimum absolute atomic E-state index is 0.0252. The maximum atomic E-state index is 13.4. The van der Waals surface area contributed by atoms with Crippen molar-refractivity contribution in [3.63, 3.8) is 0 Å². The van der Waals surface area contributed by atoms with E-state index in [1.807, 2.05) is 19.1 Å². The Morgan fingerprint density at radius 1 is 1.40 bits per heavy atom. The molecule has 1 atom stereocenters. The van der Waals surface area contributed by atoms with Crippen molar-refractivity contribution >= 4 is 21.8 Å². The van der Waals surface area contributed by atoms with Crippen molar-refractivity contribution in [2.75, 3.05) is 0 Å². The molecule has 1 amide bonds. The summed E-state index contributed by atoms with van der Waals surface area (Å²) in [6, 6.07) is 8.12. The molecular formula is C15H15BrFNO2. The van der Waals surface area contributed by atoms with Crippen LogP contribution in [0.25, 0.3) is 0 Å². The molecule has 1 aromatic carbocycles. The van der Waals surface area contributed by atoms with Crippen LogP contribution in [0.4, 0.5) is 4.39 Å². The van der Waals surface area contributed by atoms with Crippen LogP contribution >= 0.6 is 15.9 Å². The lowest BCUT2D eigenvalue weighted by Crippen LogP contribution is -2.33. The van der Waals surface area contributed by atoms with Crippen molar-refractivity contribution < 1.29 is 13.6 Å². The molecule has 1 aromatic heterocycles. The molecule has 0 saturated carbocycles. The van der Waals surface area contributed by atoms with Crippen LogP contribution in [0, 0.1) is 5.82 Å². The van der Waals surface area contributed by atoms with Crippen molar-refractivity contribution in [3.8, 4) is 0 Å². The lowest BCUT2D eigenvalue weighted by Gasteiger charge is -2.14. The molecule has 3 nitrogen and oxygen atoms in total. The number of furan rings is 1. The molecule has 1 heterocycles. The summed E-state index contributed by atoms with van der Waals surface area (Å²) in [5, 5.41) is 2.85. The van der Waals surface area contributed by atoms with Gasteiger partial charge in [0.15, 0.2) is 0 Å². The van der Waals surface area contributed by atoms with Crippen LogP contribution in [0.3, 0.4) is 0 Å². The summed E-state index contributed by atoms with van der Waals surface area (Å²) in [5.41, 5.74) is 0.301. The van der Waals surface area contributed by atoms with Crippen LogP contribution in [-0.2, 0) is 6.42 Å². The van der Waals surface area contributed by atoms with Crippen molar-refractivity contribution in [1.82, 2.24) is 5.32 Å². The predicted molar refractivity (Wildman–Crippen MR) is 78.1 cm³/mol. The number of halogens is 2. The van der Waals surface area contributed by atoms with E-state index >= 15 is 0 Å². The first-order valence-electron chi connectivity index (χ1n) is 6.35. The fourth-order valence-corrected chi connectivity index (χ4v) is 2.31. The molecule has 0 spiro atoms. The van der Waals surface area contributed by atoms with Gasteiger partial charge in [0.25, 0.3) is 5.91 Å². The van der Waals surface area contributed by atoms with Crippen LogP contribution in [0.1, 0.15) is 29.5 Å². The molecule has 0 radical (unpaired) electrons. The summed E-state index contributed by atoms with van der Waals surface area (Å²) >= 11 is 3.09. The minimum Gasteiger partial charge on any atom is -0.469 e. The van der Waals surface area contributed by atoms with Crippen LogP contribution < -0.4 is 5.32 Å². The minimum atomic E-state index is -0.444. The van der Waals surface area contributed by atoms with Crippen LogP contribution in [-0.4, -0.2) is 11.9 Å². The van der Waals surface area contributed by atoms with Gasteiger partial charge < -0.3 is 9.73 Å². The Morgan fingerprint density at radius 3 is 2.90 bits per heavy atom. The number of aryl methyl sites for hydroxylation is 1. The van der Waals surface area contributed by atoms with Gasteiger partial charge in [-0.1, -0.05) is 6.07 Å². The molecule has 1 unspecified atom stereocenters. The largest absolute Gasteiger partial charge is 0.469 e. The van der Waals surface area contributed by atoms with E-state index in [-0.39, 0.29) is 16.4 Å². The summed E-state index contributed by atoms with van der Waals surface area (Å²) in [4.78, 5) is 12.1. The van der Waals surface area contributed by atoms with Crippen LogP contribution in [0.15, 0.2) is 45.5 Å². The number of hydrogen-bond acceptors (Lipinski definition) is 2. The van der Waals surface area contributed by atoms with Gasteiger partial charge in [0, 0.05) is 12.5 Å². The first-order valence-corrected chi connectivity index (χ1v) is 7.14. The summed E-state index contributed by atoms with van der Waals surface area (Å²) in [6.45, 7) is 1.91. The van der Waals surface area contributed by atoms with Gasteiger partial charge in [0.2, 0.25) is 0 Å². The van der Waals surface area contributed by atoms with Gasteiger partial charge in [0.1, 0.15) is 11.6 Å². The molecule has 2 aromatic rings. The highest BCUT2D eigenvalue weighted by molar-refractivity contribution is 9.10. The highest BCUT2D eigenvalue weighted by atomic mass is 79.9. The lowest BCUT2D eigenvalue weighted by molar-refractivity contribution is 0.0936. The zero-order valence-corrected chi connectivity index (χ0v) is 12.6. The number of nitrogens with one attached hydrogen (secondary N) is 1. The number of rotatable bonds is 5. The van der Waals surface area contributed by atoms with Gasteiger partial charge in [-0.15, -0.1) is 0 Å². The maximum Gasteiger partial charge on any atom is 0.252 e. The van der Waals surface area contributed by atoms with Crippen LogP contribution in [0.2, 0.25) is 0 Å². The lowest BCUT2D eigenvalue weighted by atomic mass is 10.1. The standard InChI is InChI=1S/C15H15BrFNO2/c1-10(7-8-11-4-3-9-20-11)18-15(19)12-5-2-6-13(17)14(12)16/h2-6,9-10H,7-8H2,1H3,(H,18,19). The Kier molecular flexibility index (Phi) is 4.95. The Morgan fingerprint density at radius 2 is 2.20 bits per heavy atom. The number of benzene rings is 1. The van der Waals surface area contributed by atoms with E-state index in [9.17, 15) is 9.18 Å². The van der Waals surface area contributed by atoms with Gasteiger partial charge in [0.05, 0.1) is 16.3 Å². The highest BCUT2D eigenvalue weighted by Crippen LogP contribution is 2.20. The third-order valence-corrected chi connectivity index (χ3v) is 3.78. The molecular weight excluding hydrogens is 325 g/mol. The molecule has 1 N–H and O–H groups in total. The quantitative estimate of drug-likeness (QED) is 0.896. The molecule has 0 aliphatic heterocycles. The maximum absolute atomic E-state index is 13.4. The van der Waals surface area contributed by atoms with Gasteiger partial charge in [-0.2, -0.15) is 0 Å². The molecule has 0 aliphatic rings. The van der Waals surface area contributed by atoms with Crippen molar-refractivity contribution in [1.29, 1.82) is 0 Å². The monoisotopic (exact) mass is 339 g/mol. The van der Waals surface area contributed by atoms with E-state index in [4.69, 9.17) is 4.42 Å². The Labute approximate surface area is 125 Å². The average molecular weight is 340 g/mol. The SMILES string of the molecule is CC(CCc1ccco1)NC(=O)c1cccc(F)c1Br. The van der Waals surface area contributed by atoms with E-state index in [0.29, 0.717) is 5.56 Å². The molecule has 0 aliphatic carbocycles. The third-order valence-electron chi connectivity index (χ3n) is 2.98. The van der Waals surface area contributed by atoms with Gasteiger partial charge >= 0.3 is 0 Å². The molecule has 0 bridgehead atoms. The van der Waals surface area contributed by atoms with E-state index in [1.54, 1.807) is 12.3 Å². The smallest absolute Gasteiger partial charge is 0.252 e. The second kappa shape index (κ2) is 6.70. The van der Waals surface area contributed by atoms with E-state index in [0.717, 1.165) is 18.6 Å². The van der Waals surface area contributed by atoms with Gasteiger partial charge in [-0.05, 0) is 53.5 Å². The predicted octanol–water partition coefficient (Wildman–Crippen LogP) is 3.93. The number of carbonyl (C=O) groups excluding carboxylic acids is 1. The molecule has 0 fully saturated rings. The van der Waals surface area contributed by atoms with E-state index in [2.05, 4.69) is 21.2 Å². The van der Waals surface area contributed by atoms with Crippen molar-refractivity contribution in [2.24, 2.45) is 0 Å². The highest BCUT2D eigenvalue weighted by Gasteiger charge is 2.15. The fraction of sp³-hybridized carbons (Fsp3) is 0.267. The Balaban J connectivity index is 1.92. The zero-order valence-electron chi connectivity index (χ0n) is 11.0. The number of carbonyl (C=O) groups is 1. The van der Waals surface area contributed by atoms with Crippen molar-refractivity contribution in [2.45, 2.75) is 25.8 Å². The molecule has 0 saturated heterocycles. The van der Waals surface area contributed by atoms with Gasteiger partial charge in [-0.25, -0.2) is 4.39 Å². The molecule has 106 valence electrons. The second-order valence-electron chi connectivity index (χ2n) is 4.59. The molecule has 5 heteroatoms. The summed E-state index contributed by atoms with van der Waals surface area (Å²) < 4.78 is 18.8. The first kappa shape index (κ1) is 14.8. The Bertz CT molecular complexity index is 584.